The molecule has 0 aliphatic rings. The summed E-state index contributed by atoms with van der Waals surface area (Å²) in [4.78, 5) is 2.12. The molecule has 0 saturated heterocycles. The van der Waals surface area contributed by atoms with Gasteiger partial charge in [0.15, 0.2) is 0 Å². The molecule has 0 unspecified atom stereocenters. The van der Waals surface area contributed by atoms with Crippen molar-refractivity contribution in [2.24, 2.45) is 0 Å². The van der Waals surface area contributed by atoms with Gasteiger partial charge in [0.25, 0.3) is 10.0 Å². The normalized spacial score (nSPS) is 11.1. The molecule has 0 heterocycles. The summed E-state index contributed by atoms with van der Waals surface area (Å²) in [5.41, 5.74) is 0.958. The summed E-state index contributed by atoms with van der Waals surface area (Å²) in [5.74, 6) is 0. The second-order valence-electron chi connectivity index (χ2n) is 4.10. The summed E-state index contributed by atoms with van der Waals surface area (Å²) in [6.45, 7) is 0. The quantitative estimate of drug-likeness (QED) is 0.693. The topological polar surface area (TPSA) is 49.4 Å². The summed E-state index contributed by atoms with van der Waals surface area (Å²) < 4.78 is 25.5. The van der Waals surface area contributed by atoms with Crippen molar-refractivity contribution in [2.45, 2.75) is 4.90 Å². The van der Waals surface area contributed by atoms with E-state index in [0.29, 0.717) is 5.39 Å². The van der Waals surface area contributed by atoms with Crippen molar-refractivity contribution in [3.8, 4) is 0 Å². The number of halogens is 1. The Balaban J connectivity index is 0.00000180. The fourth-order valence-electron chi connectivity index (χ4n) is 1.93. The zero-order valence-electron chi connectivity index (χ0n) is 10.0. The molecule has 0 atom stereocenters. The standard InChI is InChI=1S/C12H13ClN2O2S.Na.H/c1-15(2)11-7-3-6-10-9(11)5-4-8-12(10)18(16,17)14-13;;/h3-8,14H,1-2H3;;. The molecule has 19 heavy (non-hydrogen) atoms. The minimum absolute atomic E-state index is 0. The van der Waals surface area contributed by atoms with E-state index < -0.39 is 10.0 Å². The van der Waals surface area contributed by atoms with Crippen LogP contribution in [0.1, 0.15) is 0 Å². The van der Waals surface area contributed by atoms with Crippen LogP contribution in [0.2, 0.25) is 0 Å². The van der Waals surface area contributed by atoms with Crippen LogP contribution in [0.25, 0.3) is 10.8 Å². The molecule has 0 amide bonds. The number of benzene rings is 2. The molecule has 0 fully saturated rings. The van der Waals surface area contributed by atoms with E-state index in [9.17, 15) is 8.42 Å². The molecule has 0 aromatic heterocycles. The number of hydrogen-bond acceptors (Lipinski definition) is 3. The Kier molecular flexibility index (Phi) is 5.67. The predicted molar refractivity (Wildman–Crippen MR) is 81.6 cm³/mol. The third-order valence-corrected chi connectivity index (χ3v) is 4.48. The van der Waals surface area contributed by atoms with Gasteiger partial charge in [-0.1, -0.05) is 24.3 Å². The summed E-state index contributed by atoms with van der Waals surface area (Å²) in [6.07, 6.45) is 0. The molecule has 0 aliphatic heterocycles. The average molecular weight is 309 g/mol. The maximum absolute atomic E-state index is 11.8. The molecule has 2 aromatic carbocycles. The van der Waals surface area contributed by atoms with Crippen molar-refractivity contribution >= 4 is 67.8 Å². The van der Waals surface area contributed by atoms with Crippen LogP contribution in [-0.4, -0.2) is 52.1 Å². The molecule has 98 valence electrons. The predicted octanol–water partition coefficient (Wildman–Crippen LogP) is 1.69. The van der Waals surface area contributed by atoms with Crippen molar-refractivity contribution in [1.82, 2.24) is 4.24 Å². The fourth-order valence-corrected chi connectivity index (χ4v) is 2.99. The third kappa shape index (κ3) is 3.24. The van der Waals surface area contributed by atoms with Crippen LogP contribution in [0.15, 0.2) is 41.3 Å². The molecule has 0 bridgehead atoms. The number of sulfonamides is 1. The Morgan fingerprint density at radius 3 is 2.21 bits per heavy atom. The van der Waals surface area contributed by atoms with E-state index in [0.717, 1.165) is 11.1 Å². The molecule has 4 nitrogen and oxygen atoms in total. The van der Waals surface area contributed by atoms with E-state index in [2.05, 4.69) is 0 Å². The first kappa shape index (κ1) is 16.8. The van der Waals surface area contributed by atoms with Gasteiger partial charge in [-0.3, -0.25) is 0 Å². The number of nitrogens with one attached hydrogen (secondary N) is 1. The summed E-state index contributed by atoms with van der Waals surface area (Å²) in [7, 11) is 0.155. The molecule has 1 N–H and O–H groups in total. The Bertz CT molecular complexity index is 689. The van der Waals surface area contributed by atoms with Gasteiger partial charge in [0.1, 0.15) is 0 Å². The molecule has 0 spiro atoms. The van der Waals surface area contributed by atoms with Gasteiger partial charge in [0.05, 0.1) is 4.90 Å². The SMILES string of the molecule is CN(C)c1cccc2c(S(=O)(=O)NCl)cccc12.[NaH]. The van der Waals surface area contributed by atoms with Crippen molar-refractivity contribution in [2.75, 3.05) is 19.0 Å². The van der Waals surface area contributed by atoms with Crippen LogP contribution in [-0.2, 0) is 10.0 Å². The molecule has 0 saturated carbocycles. The third-order valence-electron chi connectivity index (χ3n) is 2.73. The molecule has 0 radical (unpaired) electrons. The number of anilines is 1. The molecule has 2 aromatic rings. The van der Waals surface area contributed by atoms with Gasteiger partial charge in [-0.05, 0) is 23.9 Å². The molecular weight excluding hydrogens is 295 g/mol. The average Bonchev–Trinajstić information content (AvgIpc) is 2.37. The van der Waals surface area contributed by atoms with Crippen LogP contribution < -0.4 is 9.14 Å². The first-order chi connectivity index (χ1) is 8.47. The Labute approximate surface area is 140 Å². The molecule has 2 rings (SSSR count). The summed E-state index contributed by atoms with van der Waals surface area (Å²) in [5, 5.41) is 1.52. The van der Waals surface area contributed by atoms with Crippen LogP contribution >= 0.6 is 11.8 Å². The van der Waals surface area contributed by atoms with Crippen molar-refractivity contribution < 1.29 is 8.42 Å². The molecule has 0 aliphatic carbocycles. The van der Waals surface area contributed by atoms with Gasteiger partial charge in [-0.2, -0.15) is 0 Å². The van der Waals surface area contributed by atoms with E-state index in [1.807, 2.05) is 41.4 Å². The van der Waals surface area contributed by atoms with Crippen LogP contribution in [0, 0.1) is 0 Å². The Hall–Kier alpha value is -0.300. The van der Waals surface area contributed by atoms with Crippen molar-refractivity contribution in [3.05, 3.63) is 36.4 Å². The van der Waals surface area contributed by atoms with Gasteiger partial charge in [0.2, 0.25) is 0 Å². The summed E-state index contributed by atoms with van der Waals surface area (Å²) in [6, 6.07) is 10.7. The van der Waals surface area contributed by atoms with E-state index >= 15 is 0 Å². The van der Waals surface area contributed by atoms with Gasteiger partial charge < -0.3 is 4.90 Å². The monoisotopic (exact) mass is 308 g/mol. The fraction of sp³-hybridized carbons (Fsp3) is 0.167. The minimum atomic E-state index is -3.67. The molecule has 7 heteroatoms. The number of nitrogens with zero attached hydrogens (tertiary/aromatic N) is 1. The van der Waals surface area contributed by atoms with Gasteiger partial charge >= 0.3 is 29.6 Å². The zero-order chi connectivity index (χ0) is 13.3. The zero-order valence-corrected chi connectivity index (χ0v) is 11.6. The van der Waals surface area contributed by atoms with E-state index in [4.69, 9.17) is 11.8 Å². The van der Waals surface area contributed by atoms with E-state index in [1.54, 1.807) is 12.1 Å². The van der Waals surface area contributed by atoms with E-state index in [1.165, 1.54) is 6.07 Å². The van der Waals surface area contributed by atoms with Gasteiger partial charge in [0, 0.05) is 30.6 Å². The number of fused-ring (bicyclic) bond motifs is 1. The van der Waals surface area contributed by atoms with Crippen molar-refractivity contribution in [3.63, 3.8) is 0 Å². The van der Waals surface area contributed by atoms with Crippen LogP contribution in [0.3, 0.4) is 0 Å². The van der Waals surface area contributed by atoms with Gasteiger partial charge in [-0.25, -0.2) is 8.42 Å². The maximum atomic E-state index is 11.8. The Morgan fingerprint density at radius 2 is 1.63 bits per heavy atom. The van der Waals surface area contributed by atoms with Crippen LogP contribution in [0.5, 0.6) is 0 Å². The first-order valence-corrected chi connectivity index (χ1v) is 7.15. The first-order valence-electron chi connectivity index (χ1n) is 5.29. The van der Waals surface area contributed by atoms with Crippen molar-refractivity contribution in [1.29, 1.82) is 0 Å². The Morgan fingerprint density at radius 1 is 1.05 bits per heavy atom. The number of rotatable bonds is 3. The van der Waals surface area contributed by atoms with Gasteiger partial charge in [-0.15, -0.1) is 4.24 Å². The second-order valence-corrected chi connectivity index (χ2v) is 6.17. The molecular formula is C12H14ClN2NaO2S. The number of hydrogen-bond donors (Lipinski definition) is 1. The summed E-state index contributed by atoms with van der Waals surface area (Å²) >= 11 is 5.28. The van der Waals surface area contributed by atoms with Crippen LogP contribution in [0.4, 0.5) is 5.69 Å². The second kappa shape index (κ2) is 6.43. The van der Waals surface area contributed by atoms with E-state index in [-0.39, 0.29) is 34.5 Å².